The lowest BCUT2D eigenvalue weighted by molar-refractivity contribution is 0.329. The molecule has 0 aliphatic carbocycles. The maximum Gasteiger partial charge on any atom is 0.123 e. The maximum atomic E-state index is 13.1. The van der Waals surface area contributed by atoms with Crippen molar-refractivity contribution in [1.29, 1.82) is 0 Å². The van der Waals surface area contributed by atoms with Gasteiger partial charge in [0.1, 0.15) is 5.82 Å². The highest BCUT2D eigenvalue weighted by Crippen LogP contribution is 2.20. The van der Waals surface area contributed by atoms with Gasteiger partial charge in [0.25, 0.3) is 0 Å². The van der Waals surface area contributed by atoms with Gasteiger partial charge in [-0.3, -0.25) is 0 Å². The van der Waals surface area contributed by atoms with Gasteiger partial charge in [-0.15, -0.1) is 11.6 Å². The summed E-state index contributed by atoms with van der Waals surface area (Å²) in [7, 11) is 0. The van der Waals surface area contributed by atoms with Crippen molar-refractivity contribution in [3.8, 4) is 0 Å². The first-order valence-electron chi connectivity index (χ1n) is 5.96. The first-order valence-corrected chi connectivity index (χ1v) is 6.50. The van der Waals surface area contributed by atoms with Crippen LogP contribution in [0.2, 0.25) is 0 Å². The summed E-state index contributed by atoms with van der Waals surface area (Å²) in [6.07, 6.45) is 0.976. The second kappa shape index (κ2) is 6.36. The van der Waals surface area contributed by atoms with Crippen molar-refractivity contribution in [3.63, 3.8) is 0 Å². The zero-order valence-corrected chi connectivity index (χ0v) is 11.6. The Balaban J connectivity index is 2.48. The molecule has 1 N–H and O–H groups in total. The van der Waals surface area contributed by atoms with Crippen LogP contribution in [0.15, 0.2) is 18.2 Å². The van der Waals surface area contributed by atoms with E-state index in [4.69, 9.17) is 11.6 Å². The zero-order chi connectivity index (χ0) is 12.9. The van der Waals surface area contributed by atoms with Crippen LogP contribution in [0.4, 0.5) is 4.39 Å². The van der Waals surface area contributed by atoms with Gasteiger partial charge in [-0.05, 0) is 42.0 Å². The quantitative estimate of drug-likeness (QED) is 0.763. The molecular formula is C14H21ClFN. The van der Waals surface area contributed by atoms with E-state index < -0.39 is 0 Å². The van der Waals surface area contributed by atoms with E-state index >= 15 is 0 Å². The molecule has 0 aliphatic heterocycles. The lowest BCUT2D eigenvalue weighted by Crippen LogP contribution is -2.29. The average Bonchev–Trinajstić information content (AvgIpc) is 2.23. The van der Waals surface area contributed by atoms with E-state index in [1.807, 2.05) is 13.0 Å². The van der Waals surface area contributed by atoms with Gasteiger partial charge in [-0.2, -0.15) is 0 Å². The standard InChI is InChI=1S/C14H21ClFN/c1-11-4-5-13(16)8-12(11)9-17-10-14(2,3)6-7-15/h4-5,8,17H,6-7,9-10H2,1-3H3. The van der Waals surface area contributed by atoms with Crippen LogP contribution in [-0.4, -0.2) is 12.4 Å². The number of aryl methyl sites for hydroxylation is 1. The molecule has 0 fully saturated rings. The Morgan fingerprint density at radius 3 is 2.71 bits per heavy atom. The lowest BCUT2D eigenvalue weighted by Gasteiger charge is -2.24. The molecule has 0 aromatic heterocycles. The summed E-state index contributed by atoms with van der Waals surface area (Å²) in [5, 5.41) is 3.37. The van der Waals surface area contributed by atoms with Gasteiger partial charge in [0, 0.05) is 19.0 Å². The number of hydrogen-bond acceptors (Lipinski definition) is 1. The molecule has 1 rings (SSSR count). The molecule has 0 aliphatic rings. The van der Waals surface area contributed by atoms with E-state index in [1.165, 1.54) is 6.07 Å². The molecule has 0 unspecified atom stereocenters. The maximum absolute atomic E-state index is 13.1. The monoisotopic (exact) mass is 257 g/mol. The van der Waals surface area contributed by atoms with Crippen LogP contribution in [0, 0.1) is 18.2 Å². The smallest absolute Gasteiger partial charge is 0.123 e. The van der Waals surface area contributed by atoms with Crippen molar-refractivity contribution >= 4 is 11.6 Å². The number of rotatable bonds is 6. The van der Waals surface area contributed by atoms with Crippen LogP contribution in [0.3, 0.4) is 0 Å². The number of nitrogens with one attached hydrogen (secondary N) is 1. The number of hydrogen-bond donors (Lipinski definition) is 1. The molecule has 0 spiro atoms. The summed E-state index contributed by atoms with van der Waals surface area (Å²) in [6, 6.07) is 4.91. The lowest BCUT2D eigenvalue weighted by atomic mass is 9.90. The summed E-state index contributed by atoms with van der Waals surface area (Å²) in [6.45, 7) is 7.95. The fraction of sp³-hybridized carbons (Fsp3) is 0.571. The summed E-state index contributed by atoms with van der Waals surface area (Å²) in [5.74, 6) is 0.501. The van der Waals surface area contributed by atoms with Gasteiger partial charge in [0.05, 0.1) is 0 Å². The van der Waals surface area contributed by atoms with E-state index in [0.29, 0.717) is 12.4 Å². The van der Waals surface area contributed by atoms with Gasteiger partial charge in [-0.1, -0.05) is 19.9 Å². The second-order valence-electron chi connectivity index (χ2n) is 5.28. The van der Waals surface area contributed by atoms with Crippen molar-refractivity contribution in [2.75, 3.05) is 12.4 Å². The minimum absolute atomic E-state index is 0.174. The number of benzene rings is 1. The predicted octanol–water partition coefficient (Wildman–Crippen LogP) is 3.88. The first-order chi connectivity index (χ1) is 7.94. The fourth-order valence-electron chi connectivity index (χ4n) is 1.71. The highest BCUT2D eigenvalue weighted by molar-refractivity contribution is 6.17. The van der Waals surface area contributed by atoms with E-state index in [0.717, 1.165) is 24.1 Å². The number of alkyl halides is 1. The molecule has 0 saturated heterocycles. The van der Waals surface area contributed by atoms with Gasteiger partial charge >= 0.3 is 0 Å². The van der Waals surface area contributed by atoms with Crippen LogP contribution in [-0.2, 0) is 6.54 Å². The van der Waals surface area contributed by atoms with E-state index in [9.17, 15) is 4.39 Å². The Morgan fingerprint density at radius 1 is 1.35 bits per heavy atom. The Labute approximate surface area is 108 Å². The normalized spacial score (nSPS) is 11.8. The van der Waals surface area contributed by atoms with Crippen LogP contribution in [0.1, 0.15) is 31.4 Å². The SMILES string of the molecule is Cc1ccc(F)cc1CNCC(C)(C)CCCl. The highest BCUT2D eigenvalue weighted by Gasteiger charge is 2.16. The molecule has 0 atom stereocenters. The summed E-state index contributed by atoms with van der Waals surface area (Å²) in [5.41, 5.74) is 2.32. The van der Waals surface area contributed by atoms with Crippen molar-refractivity contribution in [1.82, 2.24) is 5.32 Å². The molecule has 1 aromatic carbocycles. The highest BCUT2D eigenvalue weighted by atomic mass is 35.5. The molecule has 0 heterocycles. The Hall–Kier alpha value is -0.600. The fourth-order valence-corrected chi connectivity index (χ4v) is 2.22. The molecule has 3 heteroatoms. The molecule has 0 bridgehead atoms. The predicted molar refractivity (Wildman–Crippen MR) is 72.0 cm³/mol. The molecule has 96 valence electrons. The molecule has 1 aromatic rings. The summed E-state index contributed by atoms with van der Waals surface area (Å²) >= 11 is 5.75. The van der Waals surface area contributed by atoms with Crippen molar-refractivity contribution < 1.29 is 4.39 Å². The van der Waals surface area contributed by atoms with E-state index in [2.05, 4.69) is 19.2 Å². The largest absolute Gasteiger partial charge is 0.312 e. The average molecular weight is 258 g/mol. The van der Waals surface area contributed by atoms with Crippen LogP contribution >= 0.6 is 11.6 Å². The third-order valence-electron chi connectivity index (χ3n) is 3.00. The summed E-state index contributed by atoms with van der Waals surface area (Å²) < 4.78 is 13.1. The number of halogens is 2. The minimum atomic E-state index is -0.174. The Morgan fingerprint density at radius 2 is 2.06 bits per heavy atom. The zero-order valence-electron chi connectivity index (χ0n) is 10.8. The topological polar surface area (TPSA) is 12.0 Å². The van der Waals surface area contributed by atoms with Crippen LogP contribution < -0.4 is 5.32 Å². The van der Waals surface area contributed by atoms with Crippen molar-refractivity contribution in [3.05, 3.63) is 35.1 Å². The Bertz CT molecular complexity index is 363. The van der Waals surface area contributed by atoms with Gasteiger partial charge in [0.15, 0.2) is 0 Å². The van der Waals surface area contributed by atoms with Gasteiger partial charge in [0.2, 0.25) is 0 Å². The molecule has 0 saturated carbocycles. The van der Waals surface area contributed by atoms with Gasteiger partial charge in [-0.25, -0.2) is 4.39 Å². The van der Waals surface area contributed by atoms with Crippen LogP contribution in [0.5, 0.6) is 0 Å². The van der Waals surface area contributed by atoms with E-state index in [-0.39, 0.29) is 11.2 Å². The molecule has 0 amide bonds. The molecule has 1 nitrogen and oxygen atoms in total. The van der Waals surface area contributed by atoms with Crippen molar-refractivity contribution in [2.45, 2.75) is 33.7 Å². The van der Waals surface area contributed by atoms with Gasteiger partial charge < -0.3 is 5.32 Å². The first kappa shape index (κ1) is 14.5. The molecule has 17 heavy (non-hydrogen) atoms. The van der Waals surface area contributed by atoms with Crippen LogP contribution in [0.25, 0.3) is 0 Å². The molecule has 0 radical (unpaired) electrons. The van der Waals surface area contributed by atoms with Crippen molar-refractivity contribution in [2.24, 2.45) is 5.41 Å². The second-order valence-corrected chi connectivity index (χ2v) is 5.66. The minimum Gasteiger partial charge on any atom is -0.312 e. The third kappa shape index (κ3) is 5.05. The third-order valence-corrected chi connectivity index (χ3v) is 3.19. The molecular weight excluding hydrogens is 237 g/mol. The Kier molecular flexibility index (Phi) is 5.41. The summed E-state index contributed by atoms with van der Waals surface area (Å²) in [4.78, 5) is 0. The van der Waals surface area contributed by atoms with E-state index in [1.54, 1.807) is 6.07 Å².